The van der Waals surface area contributed by atoms with Crippen LogP contribution in [0, 0.1) is 5.92 Å². The first kappa shape index (κ1) is 10.3. The molecule has 2 rings (SSSR count). The molecule has 1 aromatic carbocycles. The van der Waals surface area contributed by atoms with Crippen LogP contribution in [0.5, 0.6) is 5.75 Å². The van der Waals surface area contributed by atoms with Crippen molar-refractivity contribution in [2.45, 2.75) is 32.6 Å². The van der Waals surface area contributed by atoms with Gasteiger partial charge in [-0.1, -0.05) is 31.6 Å². The molecule has 1 aromatic rings. The van der Waals surface area contributed by atoms with Crippen LogP contribution in [0.15, 0.2) is 30.3 Å². The van der Waals surface area contributed by atoms with Gasteiger partial charge in [0.05, 0.1) is 0 Å². The second-order valence-corrected chi connectivity index (χ2v) is 4.32. The van der Waals surface area contributed by atoms with Gasteiger partial charge in [0.25, 0.3) is 0 Å². The minimum absolute atomic E-state index is 0.349. The van der Waals surface area contributed by atoms with Gasteiger partial charge >= 0.3 is 0 Å². The van der Waals surface area contributed by atoms with E-state index in [2.05, 4.69) is 13.0 Å². The third kappa shape index (κ3) is 2.41. The van der Waals surface area contributed by atoms with Crippen LogP contribution < -0.4 is 0 Å². The topological polar surface area (TPSA) is 20.2 Å². The van der Waals surface area contributed by atoms with E-state index < -0.39 is 0 Å². The van der Waals surface area contributed by atoms with Crippen molar-refractivity contribution in [3.63, 3.8) is 0 Å². The standard InChI is InChI=1S/C14H18O/c1-2-11-3-5-12(6-4-11)13-7-9-14(15)10-8-13/h5,7-11,15H,2-4,6H2,1H3/t11-/m0/s1. The molecule has 0 amide bonds. The Balaban J connectivity index is 2.12. The Morgan fingerprint density at radius 2 is 2.00 bits per heavy atom. The maximum atomic E-state index is 9.22. The zero-order valence-corrected chi connectivity index (χ0v) is 9.24. The maximum Gasteiger partial charge on any atom is 0.115 e. The highest BCUT2D eigenvalue weighted by molar-refractivity contribution is 5.66. The predicted molar refractivity (Wildman–Crippen MR) is 63.7 cm³/mol. The van der Waals surface area contributed by atoms with Gasteiger partial charge in [-0.05, 0) is 48.4 Å². The summed E-state index contributed by atoms with van der Waals surface area (Å²) in [7, 11) is 0. The number of rotatable bonds is 2. The largest absolute Gasteiger partial charge is 0.508 e. The summed E-state index contributed by atoms with van der Waals surface area (Å²) < 4.78 is 0. The molecule has 0 aliphatic heterocycles. The first-order chi connectivity index (χ1) is 7.29. The fourth-order valence-corrected chi connectivity index (χ4v) is 2.20. The van der Waals surface area contributed by atoms with Crippen molar-refractivity contribution in [1.82, 2.24) is 0 Å². The van der Waals surface area contributed by atoms with Crippen LogP contribution in [-0.4, -0.2) is 5.11 Å². The lowest BCUT2D eigenvalue weighted by Gasteiger charge is -2.20. The van der Waals surface area contributed by atoms with Crippen molar-refractivity contribution in [2.24, 2.45) is 5.92 Å². The summed E-state index contributed by atoms with van der Waals surface area (Å²) in [5.41, 5.74) is 2.71. The molecule has 1 N–H and O–H groups in total. The SMILES string of the molecule is CC[C@H]1CC=C(c2ccc(O)cc2)CC1. The molecule has 1 atom stereocenters. The molecule has 0 unspecified atom stereocenters. The second kappa shape index (κ2) is 4.52. The lowest BCUT2D eigenvalue weighted by atomic mass is 9.85. The van der Waals surface area contributed by atoms with E-state index in [1.807, 2.05) is 12.1 Å². The fourth-order valence-electron chi connectivity index (χ4n) is 2.20. The zero-order valence-electron chi connectivity index (χ0n) is 9.24. The molecular formula is C14H18O. The van der Waals surface area contributed by atoms with E-state index >= 15 is 0 Å². The Morgan fingerprint density at radius 3 is 2.53 bits per heavy atom. The van der Waals surface area contributed by atoms with E-state index in [0.29, 0.717) is 5.75 Å². The van der Waals surface area contributed by atoms with Crippen molar-refractivity contribution < 1.29 is 5.11 Å². The van der Waals surface area contributed by atoms with Crippen LogP contribution in [0.4, 0.5) is 0 Å². The third-order valence-corrected chi connectivity index (χ3v) is 3.33. The average Bonchev–Trinajstić information content (AvgIpc) is 2.30. The van der Waals surface area contributed by atoms with Gasteiger partial charge in [-0.25, -0.2) is 0 Å². The first-order valence-electron chi connectivity index (χ1n) is 5.78. The van der Waals surface area contributed by atoms with Crippen LogP contribution >= 0.6 is 0 Å². The molecule has 1 aliphatic carbocycles. The number of aromatic hydroxyl groups is 1. The van der Waals surface area contributed by atoms with Crippen LogP contribution in [0.25, 0.3) is 5.57 Å². The Kier molecular flexibility index (Phi) is 3.10. The van der Waals surface area contributed by atoms with E-state index in [4.69, 9.17) is 0 Å². The van der Waals surface area contributed by atoms with Gasteiger partial charge in [-0.15, -0.1) is 0 Å². The van der Waals surface area contributed by atoms with Gasteiger partial charge in [0.1, 0.15) is 5.75 Å². The molecule has 0 saturated carbocycles. The number of allylic oxidation sites excluding steroid dienone is 2. The van der Waals surface area contributed by atoms with E-state index in [1.54, 1.807) is 12.1 Å². The summed E-state index contributed by atoms with van der Waals surface area (Å²) >= 11 is 0. The molecule has 1 heteroatoms. The number of phenols is 1. The second-order valence-electron chi connectivity index (χ2n) is 4.32. The maximum absolute atomic E-state index is 9.22. The van der Waals surface area contributed by atoms with Crippen LogP contribution in [0.1, 0.15) is 38.2 Å². The summed E-state index contributed by atoms with van der Waals surface area (Å²) in [6.45, 7) is 2.27. The molecule has 0 aromatic heterocycles. The highest BCUT2D eigenvalue weighted by Gasteiger charge is 2.13. The molecule has 15 heavy (non-hydrogen) atoms. The zero-order chi connectivity index (χ0) is 10.7. The monoisotopic (exact) mass is 202 g/mol. The molecule has 0 fully saturated rings. The summed E-state index contributed by atoms with van der Waals surface area (Å²) in [5, 5.41) is 9.22. The Labute approximate surface area is 91.4 Å². The van der Waals surface area contributed by atoms with Gasteiger partial charge in [0.2, 0.25) is 0 Å². The number of hydrogen-bond donors (Lipinski definition) is 1. The summed E-state index contributed by atoms with van der Waals surface area (Å²) in [6.07, 6.45) is 7.36. The Morgan fingerprint density at radius 1 is 1.27 bits per heavy atom. The first-order valence-corrected chi connectivity index (χ1v) is 5.78. The fraction of sp³-hybridized carbons (Fsp3) is 0.429. The molecular weight excluding hydrogens is 184 g/mol. The van der Waals surface area contributed by atoms with E-state index in [0.717, 1.165) is 5.92 Å². The summed E-state index contributed by atoms with van der Waals surface area (Å²) in [6, 6.07) is 7.55. The van der Waals surface area contributed by atoms with Gasteiger partial charge in [-0.2, -0.15) is 0 Å². The number of hydrogen-bond acceptors (Lipinski definition) is 1. The van der Waals surface area contributed by atoms with Gasteiger partial charge in [0, 0.05) is 0 Å². The van der Waals surface area contributed by atoms with Crippen molar-refractivity contribution in [2.75, 3.05) is 0 Å². The molecule has 80 valence electrons. The number of benzene rings is 1. The average molecular weight is 202 g/mol. The smallest absolute Gasteiger partial charge is 0.115 e. The van der Waals surface area contributed by atoms with Crippen molar-refractivity contribution in [1.29, 1.82) is 0 Å². The molecule has 0 radical (unpaired) electrons. The molecule has 0 bridgehead atoms. The van der Waals surface area contributed by atoms with Gasteiger partial charge < -0.3 is 5.11 Å². The molecule has 1 nitrogen and oxygen atoms in total. The normalized spacial score (nSPS) is 21.1. The molecule has 1 aliphatic rings. The molecule has 0 saturated heterocycles. The van der Waals surface area contributed by atoms with E-state index in [-0.39, 0.29) is 0 Å². The third-order valence-electron chi connectivity index (χ3n) is 3.33. The molecule has 0 heterocycles. The van der Waals surface area contributed by atoms with E-state index in [1.165, 1.54) is 36.8 Å². The Hall–Kier alpha value is -1.24. The van der Waals surface area contributed by atoms with Crippen LogP contribution in [0.2, 0.25) is 0 Å². The minimum atomic E-state index is 0.349. The van der Waals surface area contributed by atoms with Crippen LogP contribution in [-0.2, 0) is 0 Å². The highest BCUT2D eigenvalue weighted by Crippen LogP contribution is 2.31. The van der Waals surface area contributed by atoms with Crippen molar-refractivity contribution >= 4 is 5.57 Å². The molecule has 0 spiro atoms. The van der Waals surface area contributed by atoms with E-state index in [9.17, 15) is 5.11 Å². The Bertz CT molecular complexity index is 348. The van der Waals surface area contributed by atoms with Gasteiger partial charge in [-0.3, -0.25) is 0 Å². The summed E-state index contributed by atoms with van der Waals surface area (Å²) in [5.74, 6) is 1.23. The minimum Gasteiger partial charge on any atom is -0.508 e. The highest BCUT2D eigenvalue weighted by atomic mass is 16.3. The van der Waals surface area contributed by atoms with Crippen molar-refractivity contribution in [3.05, 3.63) is 35.9 Å². The lowest BCUT2D eigenvalue weighted by molar-refractivity contribution is 0.470. The lowest BCUT2D eigenvalue weighted by Crippen LogP contribution is -2.03. The quantitative estimate of drug-likeness (QED) is 0.769. The predicted octanol–water partition coefficient (Wildman–Crippen LogP) is 3.99. The van der Waals surface area contributed by atoms with Crippen molar-refractivity contribution in [3.8, 4) is 5.75 Å². The van der Waals surface area contributed by atoms with Gasteiger partial charge in [0.15, 0.2) is 0 Å². The number of phenolic OH excluding ortho intramolecular Hbond substituents is 1. The summed E-state index contributed by atoms with van der Waals surface area (Å²) in [4.78, 5) is 0. The van der Waals surface area contributed by atoms with Crippen LogP contribution in [0.3, 0.4) is 0 Å².